The van der Waals surface area contributed by atoms with Crippen LogP contribution in [0.1, 0.15) is 23.7 Å². The van der Waals surface area contributed by atoms with Crippen LogP contribution in [-0.2, 0) is 9.53 Å². The van der Waals surface area contributed by atoms with Crippen molar-refractivity contribution in [1.82, 2.24) is 15.8 Å². The maximum absolute atomic E-state index is 13.4. The van der Waals surface area contributed by atoms with Crippen LogP contribution in [0.4, 0.5) is 0 Å². The molecule has 0 spiro atoms. The summed E-state index contributed by atoms with van der Waals surface area (Å²) in [4.78, 5) is 25.5. The average Bonchev–Trinajstić information content (AvgIpc) is 2.86. The van der Waals surface area contributed by atoms with E-state index in [-0.39, 0.29) is 5.91 Å². The number of piperazine rings is 1. The summed E-state index contributed by atoms with van der Waals surface area (Å²) in [5, 5.41) is 5.01. The molecule has 3 aromatic rings. The molecular weight excluding hydrogens is 430 g/mol. The Bertz CT molecular complexity index is 1110. The summed E-state index contributed by atoms with van der Waals surface area (Å²) in [6, 6.07) is 26.7. The molecule has 1 atom stereocenters. The Morgan fingerprint density at radius 3 is 2.38 bits per heavy atom. The van der Waals surface area contributed by atoms with Gasteiger partial charge in [-0.3, -0.25) is 15.0 Å². The normalized spacial score (nSPS) is 18.1. The van der Waals surface area contributed by atoms with Gasteiger partial charge in [-0.1, -0.05) is 66.7 Å². The number of carbonyl (C=O) groups excluding carboxylic acids is 2. The highest BCUT2D eigenvalue weighted by molar-refractivity contribution is 6.00. The van der Waals surface area contributed by atoms with Crippen molar-refractivity contribution in [3.8, 4) is 16.9 Å². The van der Waals surface area contributed by atoms with Crippen LogP contribution < -0.4 is 15.5 Å². The highest BCUT2D eigenvalue weighted by Crippen LogP contribution is 2.26. The molecule has 1 fully saturated rings. The van der Waals surface area contributed by atoms with Crippen LogP contribution in [0, 0.1) is 0 Å². The Kier molecular flexibility index (Phi) is 7.57. The smallest absolute Gasteiger partial charge is 0.304 e. The number of para-hydroxylation sites is 1. The molecule has 3 aromatic carbocycles. The molecule has 1 amide bonds. The molecule has 0 aromatic heterocycles. The van der Waals surface area contributed by atoms with Crippen molar-refractivity contribution in [2.24, 2.45) is 0 Å². The molecular formula is C27H29N3O4. The summed E-state index contributed by atoms with van der Waals surface area (Å²) in [5.41, 5.74) is 4.27. The maximum atomic E-state index is 13.4. The van der Waals surface area contributed by atoms with Gasteiger partial charge in [-0.25, -0.2) is 0 Å². The van der Waals surface area contributed by atoms with Gasteiger partial charge in [0.2, 0.25) is 0 Å². The van der Waals surface area contributed by atoms with Crippen LogP contribution in [0.15, 0.2) is 84.9 Å². The zero-order valence-electron chi connectivity index (χ0n) is 19.2. The lowest BCUT2D eigenvalue weighted by Crippen LogP contribution is -2.68. The van der Waals surface area contributed by atoms with E-state index in [0.29, 0.717) is 38.2 Å². The van der Waals surface area contributed by atoms with E-state index in [2.05, 4.69) is 10.7 Å². The third-order valence-electron chi connectivity index (χ3n) is 5.74. The molecule has 1 saturated heterocycles. The molecule has 1 aliphatic heterocycles. The second kappa shape index (κ2) is 11.0. The molecule has 0 aliphatic carbocycles. The third kappa shape index (κ3) is 5.62. The van der Waals surface area contributed by atoms with Crippen molar-refractivity contribution in [3.63, 3.8) is 0 Å². The molecule has 1 aliphatic rings. The van der Waals surface area contributed by atoms with E-state index in [9.17, 15) is 9.59 Å². The van der Waals surface area contributed by atoms with Gasteiger partial charge in [-0.2, -0.15) is 5.01 Å². The topological polar surface area (TPSA) is 79.9 Å². The maximum Gasteiger partial charge on any atom is 0.304 e. The Morgan fingerprint density at radius 1 is 0.971 bits per heavy atom. The summed E-state index contributed by atoms with van der Waals surface area (Å²) in [7, 11) is 0. The number of hydrogen-bond acceptors (Lipinski definition) is 6. The van der Waals surface area contributed by atoms with Gasteiger partial charge in [0.05, 0.1) is 13.2 Å². The molecule has 176 valence electrons. The van der Waals surface area contributed by atoms with E-state index in [1.807, 2.05) is 78.9 Å². The fourth-order valence-corrected chi connectivity index (χ4v) is 4.14. The lowest BCUT2D eigenvalue weighted by molar-refractivity contribution is -0.198. The molecule has 7 nitrogen and oxygen atoms in total. The van der Waals surface area contributed by atoms with Crippen LogP contribution in [0.25, 0.3) is 11.1 Å². The summed E-state index contributed by atoms with van der Waals surface area (Å²) in [6.07, 6.45) is 0.370. The quantitative estimate of drug-likeness (QED) is 0.501. The second-order valence-corrected chi connectivity index (χ2v) is 8.13. The van der Waals surface area contributed by atoms with Gasteiger partial charge in [0.25, 0.3) is 5.91 Å². The van der Waals surface area contributed by atoms with Crippen LogP contribution in [-0.4, -0.2) is 48.9 Å². The molecule has 7 heteroatoms. The van der Waals surface area contributed by atoms with E-state index >= 15 is 0 Å². The first-order chi connectivity index (χ1) is 16.6. The monoisotopic (exact) mass is 459 g/mol. The van der Waals surface area contributed by atoms with Crippen molar-refractivity contribution in [3.05, 3.63) is 90.5 Å². The van der Waals surface area contributed by atoms with Crippen LogP contribution in [0.5, 0.6) is 5.75 Å². The molecule has 4 rings (SSSR count). The first-order valence-electron chi connectivity index (χ1n) is 11.4. The number of benzene rings is 3. The zero-order chi connectivity index (χ0) is 23.8. The fourth-order valence-electron chi connectivity index (χ4n) is 4.14. The van der Waals surface area contributed by atoms with Crippen LogP contribution in [0.2, 0.25) is 0 Å². The molecule has 0 bridgehead atoms. The SMILES string of the molecule is CC(=O)OC1(CCOc2ccccc2)CNCCN1NC(=O)c1ccccc1-c1ccccc1. The number of rotatable bonds is 8. The summed E-state index contributed by atoms with van der Waals surface area (Å²) in [6.45, 7) is 3.16. The molecule has 0 radical (unpaired) electrons. The summed E-state index contributed by atoms with van der Waals surface area (Å²) < 4.78 is 11.7. The Labute approximate surface area is 199 Å². The number of carbonyl (C=O) groups is 2. The Hall–Kier alpha value is -3.68. The van der Waals surface area contributed by atoms with Crippen molar-refractivity contribution < 1.29 is 19.1 Å². The van der Waals surface area contributed by atoms with Crippen LogP contribution in [0.3, 0.4) is 0 Å². The highest BCUT2D eigenvalue weighted by atomic mass is 16.6. The van der Waals surface area contributed by atoms with Crippen molar-refractivity contribution in [1.29, 1.82) is 0 Å². The lowest BCUT2D eigenvalue weighted by Gasteiger charge is -2.45. The second-order valence-electron chi connectivity index (χ2n) is 8.13. The van der Waals surface area contributed by atoms with Gasteiger partial charge in [0.15, 0.2) is 5.72 Å². The van der Waals surface area contributed by atoms with Gasteiger partial charge in [0, 0.05) is 32.0 Å². The van der Waals surface area contributed by atoms with E-state index in [4.69, 9.17) is 9.47 Å². The van der Waals surface area contributed by atoms with Gasteiger partial charge < -0.3 is 14.8 Å². The van der Waals surface area contributed by atoms with Gasteiger partial charge in [-0.05, 0) is 29.3 Å². The minimum Gasteiger partial charge on any atom is -0.493 e. The number of nitrogens with zero attached hydrogens (tertiary/aromatic N) is 1. The lowest BCUT2D eigenvalue weighted by atomic mass is 9.99. The highest BCUT2D eigenvalue weighted by Gasteiger charge is 2.43. The number of hydrogen-bond donors (Lipinski definition) is 2. The van der Waals surface area contributed by atoms with Gasteiger partial charge >= 0.3 is 5.97 Å². The van der Waals surface area contributed by atoms with E-state index in [1.54, 1.807) is 11.1 Å². The first-order valence-corrected chi connectivity index (χ1v) is 11.4. The van der Waals surface area contributed by atoms with Gasteiger partial charge in [-0.15, -0.1) is 0 Å². The zero-order valence-corrected chi connectivity index (χ0v) is 19.2. The number of hydrazine groups is 1. The van der Waals surface area contributed by atoms with Crippen molar-refractivity contribution in [2.45, 2.75) is 19.1 Å². The largest absolute Gasteiger partial charge is 0.493 e. The van der Waals surface area contributed by atoms with Crippen molar-refractivity contribution in [2.75, 3.05) is 26.2 Å². The van der Waals surface area contributed by atoms with Crippen LogP contribution >= 0.6 is 0 Å². The standard InChI is InChI=1S/C27H29N3O4/c1-21(31)34-27(16-19-33-23-12-6-3-7-13-23)20-28-17-18-30(27)29-26(32)25-15-9-8-14-24(25)22-10-4-2-5-11-22/h2-15,28H,16-20H2,1H3,(H,29,32). The number of ether oxygens (including phenoxy) is 2. The summed E-state index contributed by atoms with van der Waals surface area (Å²) >= 11 is 0. The molecule has 1 unspecified atom stereocenters. The van der Waals surface area contributed by atoms with E-state index < -0.39 is 11.7 Å². The molecule has 2 N–H and O–H groups in total. The first kappa shape index (κ1) is 23.5. The van der Waals surface area contributed by atoms with Crippen molar-refractivity contribution >= 4 is 11.9 Å². The van der Waals surface area contributed by atoms with E-state index in [0.717, 1.165) is 16.9 Å². The third-order valence-corrected chi connectivity index (χ3v) is 5.74. The predicted molar refractivity (Wildman–Crippen MR) is 130 cm³/mol. The average molecular weight is 460 g/mol. The fraction of sp³-hybridized carbons (Fsp3) is 0.259. The van der Waals surface area contributed by atoms with Gasteiger partial charge in [0.1, 0.15) is 5.75 Å². The van der Waals surface area contributed by atoms with E-state index in [1.165, 1.54) is 6.92 Å². The number of amides is 1. The summed E-state index contributed by atoms with van der Waals surface area (Å²) in [5.74, 6) is 0.0471. The Balaban J connectivity index is 1.55. The molecule has 1 heterocycles. The molecule has 0 saturated carbocycles. The minimum absolute atomic E-state index is 0.262. The predicted octanol–water partition coefficient (Wildman–Crippen LogP) is 3.63. The minimum atomic E-state index is -1.07. The molecule has 34 heavy (non-hydrogen) atoms. The number of esters is 1. The Morgan fingerprint density at radius 2 is 1.65 bits per heavy atom. The number of nitrogens with one attached hydrogen (secondary N) is 2.